The molecule has 0 amide bonds. The molecule has 7 nitrogen and oxygen atoms in total. The summed E-state index contributed by atoms with van der Waals surface area (Å²) in [5.41, 5.74) is 3.92. The van der Waals surface area contributed by atoms with Crippen molar-refractivity contribution in [3.63, 3.8) is 0 Å². The zero-order valence-corrected chi connectivity index (χ0v) is 18.5. The number of sulfonamides is 1. The van der Waals surface area contributed by atoms with Crippen LogP contribution in [0, 0.1) is 13.8 Å². The van der Waals surface area contributed by atoms with Gasteiger partial charge in [-0.15, -0.1) is 10.2 Å². The van der Waals surface area contributed by atoms with Crippen molar-refractivity contribution < 1.29 is 8.42 Å². The van der Waals surface area contributed by atoms with Gasteiger partial charge in [0, 0.05) is 22.9 Å². The van der Waals surface area contributed by atoms with E-state index >= 15 is 0 Å². The largest absolute Gasteiger partial charge is 0.240 e. The first-order valence-electron chi connectivity index (χ1n) is 10.2. The summed E-state index contributed by atoms with van der Waals surface area (Å²) >= 11 is 0. The molecule has 0 aliphatic rings. The van der Waals surface area contributed by atoms with E-state index < -0.39 is 10.0 Å². The van der Waals surface area contributed by atoms with Crippen molar-refractivity contribution in [1.82, 2.24) is 24.5 Å². The molecule has 5 rings (SSSR count). The van der Waals surface area contributed by atoms with Crippen molar-refractivity contribution in [2.45, 2.75) is 25.3 Å². The zero-order valence-electron chi connectivity index (χ0n) is 17.6. The molecule has 160 valence electrons. The van der Waals surface area contributed by atoms with Gasteiger partial charge in [0.2, 0.25) is 10.0 Å². The van der Waals surface area contributed by atoms with Crippen molar-refractivity contribution in [2.24, 2.45) is 0 Å². The molecule has 0 fully saturated rings. The minimum absolute atomic E-state index is 0.170. The van der Waals surface area contributed by atoms with Gasteiger partial charge in [0.25, 0.3) is 0 Å². The van der Waals surface area contributed by atoms with E-state index in [9.17, 15) is 8.42 Å². The Morgan fingerprint density at radius 1 is 0.875 bits per heavy atom. The lowest BCUT2D eigenvalue weighted by Crippen LogP contribution is -2.23. The van der Waals surface area contributed by atoms with Crippen molar-refractivity contribution in [2.75, 3.05) is 0 Å². The van der Waals surface area contributed by atoms with Crippen LogP contribution < -0.4 is 4.72 Å². The Bertz CT molecular complexity index is 1560. The Morgan fingerprint density at radius 3 is 2.38 bits per heavy atom. The van der Waals surface area contributed by atoms with Crippen LogP contribution in [-0.2, 0) is 16.6 Å². The summed E-state index contributed by atoms with van der Waals surface area (Å²) in [5, 5.41) is 15.4. The van der Waals surface area contributed by atoms with Crippen LogP contribution in [0.4, 0.5) is 0 Å². The van der Waals surface area contributed by atoms with Gasteiger partial charge in [0.05, 0.1) is 10.6 Å². The van der Waals surface area contributed by atoms with Crippen LogP contribution >= 0.6 is 0 Å². The highest BCUT2D eigenvalue weighted by Gasteiger charge is 2.20. The molecule has 0 unspecified atom stereocenters. The van der Waals surface area contributed by atoms with E-state index in [1.165, 1.54) is 0 Å². The monoisotopic (exact) mass is 443 g/mol. The van der Waals surface area contributed by atoms with Gasteiger partial charge in [-0.3, -0.25) is 0 Å². The van der Waals surface area contributed by atoms with Gasteiger partial charge in [0.1, 0.15) is 0 Å². The maximum absolute atomic E-state index is 13.0. The molecule has 2 heterocycles. The van der Waals surface area contributed by atoms with E-state index in [1.807, 2.05) is 68.4 Å². The van der Waals surface area contributed by atoms with E-state index in [1.54, 1.807) is 22.7 Å². The molecule has 0 bridgehead atoms. The molecule has 0 aliphatic carbocycles. The van der Waals surface area contributed by atoms with Gasteiger partial charge in [-0.05, 0) is 37.1 Å². The Hall–Kier alpha value is -3.62. The van der Waals surface area contributed by atoms with Crippen molar-refractivity contribution in [3.05, 3.63) is 89.6 Å². The first-order valence-corrected chi connectivity index (χ1v) is 11.7. The summed E-state index contributed by atoms with van der Waals surface area (Å²) in [4.78, 5) is 0.170. The minimum Gasteiger partial charge on any atom is -0.207 e. The van der Waals surface area contributed by atoms with Gasteiger partial charge in [-0.2, -0.15) is 9.61 Å². The van der Waals surface area contributed by atoms with Gasteiger partial charge in [0.15, 0.2) is 11.5 Å². The molecule has 0 saturated carbocycles. The van der Waals surface area contributed by atoms with E-state index in [0.29, 0.717) is 17.0 Å². The standard InChI is InChI=1S/C24H21N5O2S/c1-16-12-13-19(32(30,31)25-15-18-8-4-3-5-9-18)14-22(16)24-27-26-23-21-11-7-6-10-20(21)17(2)28-29(23)24/h3-14,25H,15H2,1-2H3. The van der Waals surface area contributed by atoms with Crippen LogP contribution in [0.3, 0.4) is 0 Å². The molecule has 0 atom stereocenters. The third kappa shape index (κ3) is 3.53. The number of hydrogen-bond donors (Lipinski definition) is 1. The van der Waals surface area contributed by atoms with Crippen LogP contribution in [0.2, 0.25) is 0 Å². The van der Waals surface area contributed by atoms with Crippen LogP contribution in [0.1, 0.15) is 16.8 Å². The predicted octanol–water partition coefficient (Wildman–Crippen LogP) is 4.04. The normalized spacial score (nSPS) is 11.9. The first kappa shape index (κ1) is 20.3. The van der Waals surface area contributed by atoms with Crippen LogP contribution in [-0.4, -0.2) is 28.2 Å². The number of fused-ring (bicyclic) bond motifs is 3. The smallest absolute Gasteiger partial charge is 0.207 e. The average Bonchev–Trinajstić information content (AvgIpc) is 3.22. The van der Waals surface area contributed by atoms with Crippen molar-refractivity contribution >= 4 is 26.4 Å². The van der Waals surface area contributed by atoms with Gasteiger partial charge < -0.3 is 0 Å². The zero-order chi connectivity index (χ0) is 22.3. The molecule has 0 aliphatic heterocycles. The fourth-order valence-electron chi connectivity index (χ4n) is 3.77. The molecule has 0 saturated heterocycles. The summed E-state index contributed by atoms with van der Waals surface area (Å²) in [6.45, 7) is 4.07. The molecule has 1 N–H and O–H groups in total. The molecular weight excluding hydrogens is 422 g/mol. The summed E-state index contributed by atoms with van der Waals surface area (Å²) in [7, 11) is -3.71. The molecule has 32 heavy (non-hydrogen) atoms. The highest BCUT2D eigenvalue weighted by atomic mass is 32.2. The Morgan fingerprint density at radius 2 is 1.59 bits per heavy atom. The number of benzene rings is 3. The van der Waals surface area contributed by atoms with Gasteiger partial charge in [-0.25, -0.2) is 13.1 Å². The number of rotatable bonds is 5. The molecule has 0 radical (unpaired) electrons. The van der Waals surface area contributed by atoms with Crippen LogP contribution in [0.25, 0.3) is 27.8 Å². The SMILES string of the molecule is Cc1ccc(S(=O)(=O)NCc2ccccc2)cc1-c1nnc2c3ccccc3c(C)nn12. The lowest BCUT2D eigenvalue weighted by molar-refractivity contribution is 0.581. The molecule has 0 spiro atoms. The highest BCUT2D eigenvalue weighted by Crippen LogP contribution is 2.28. The number of nitrogens with one attached hydrogen (secondary N) is 1. The maximum Gasteiger partial charge on any atom is 0.240 e. The van der Waals surface area contributed by atoms with Gasteiger partial charge >= 0.3 is 0 Å². The third-order valence-electron chi connectivity index (χ3n) is 5.52. The summed E-state index contributed by atoms with van der Waals surface area (Å²) in [5.74, 6) is 0.506. The third-order valence-corrected chi connectivity index (χ3v) is 6.92. The van der Waals surface area contributed by atoms with E-state index in [-0.39, 0.29) is 11.4 Å². The van der Waals surface area contributed by atoms with E-state index in [4.69, 9.17) is 0 Å². The second-order valence-electron chi connectivity index (χ2n) is 7.68. The lowest BCUT2D eigenvalue weighted by atomic mass is 10.1. The topological polar surface area (TPSA) is 89.2 Å². The predicted molar refractivity (Wildman–Crippen MR) is 124 cm³/mol. The summed E-state index contributed by atoms with van der Waals surface area (Å²) in [6, 6.07) is 22.3. The molecular formula is C24H21N5O2S. The fourth-order valence-corrected chi connectivity index (χ4v) is 4.82. The Kier molecular flexibility index (Phi) is 4.96. The maximum atomic E-state index is 13.0. The number of nitrogens with zero attached hydrogens (tertiary/aromatic N) is 4. The highest BCUT2D eigenvalue weighted by molar-refractivity contribution is 7.89. The fraction of sp³-hybridized carbons (Fsp3) is 0.125. The van der Waals surface area contributed by atoms with Crippen LogP contribution in [0.15, 0.2) is 77.7 Å². The first-order chi connectivity index (χ1) is 15.4. The number of aryl methyl sites for hydroxylation is 2. The van der Waals surface area contributed by atoms with Crippen molar-refractivity contribution in [1.29, 1.82) is 0 Å². The summed E-state index contributed by atoms with van der Waals surface area (Å²) < 4.78 is 30.3. The summed E-state index contributed by atoms with van der Waals surface area (Å²) in [6.07, 6.45) is 0. The Balaban J connectivity index is 1.58. The van der Waals surface area contributed by atoms with Gasteiger partial charge in [-0.1, -0.05) is 60.7 Å². The van der Waals surface area contributed by atoms with Crippen molar-refractivity contribution in [3.8, 4) is 11.4 Å². The lowest BCUT2D eigenvalue weighted by Gasteiger charge is -2.10. The molecule has 3 aromatic carbocycles. The molecule has 8 heteroatoms. The quantitative estimate of drug-likeness (QED) is 0.443. The average molecular weight is 444 g/mol. The Labute approximate surface area is 185 Å². The second kappa shape index (κ2) is 7.81. The minimum atomic E-state index is -3.71. The molecule has 2 aromatic heterocycles. The number of hydrogen-bond acceptors (Lipinski definition) is 5. The van der Waals surface area contributed by atoms with E-state index in [0.717, 1.165) is 27.6 Å². The second-order valence-corrected chi connectivity index (χ2v) is 9.44. The molecule has 5 aromatic rings. The van der Waals surface area contributed by atoms with E-state index in [2.05, 4.69) is 20.0 Å². The van der Waals surface area contributed by atoms with Crippen LogP contribution in [0.5, 0.6) is 0 Å². The number of aromatic nitrogens is 4.